The predicted octanol–water partition coefficient (Wildman–Crippen LogP) is 5.43. The monoisotopic (exact) mass is 401 g/mol. The first-order valence-electron chi connectivity index (χ1n) is 10.1. The van der Waals surface area contributed by atoms with Gasteiger partial charge in [-0.1, -0.05) is 24.3 Å². The standard InChI is InChI=1S/C25H27N3O2/c1-4-28(18(2)3)23-15-13-20(14-16-23)25(30)27-22-12-8-11-21(17-22)26-24(29)19-9-6-5-7-10-19/h5-18H,4H2,1-3H3,(H,26,29)(H,27,30). The minimum atomic E-state index is -0.194. The van der Waals surface area contributed by atoms with E-state index in [-0.39, 0.29) is 11.8 Å². The maximum absolute atomic E-state index is 12.6. The van der Waals surface area contributed by atoms with E-state index in [9.17, 15) is 9.59 Å². The van der Waals surface area contributed by atoms with Crippen molar-refractivity contribution in [3.05, 3.63) is 90.0 Å². The SMILES string of the molecule is CCN(c1ccc(C(=O)Nc2cccc(NC(=O)c3ccccc3)c2)cc1)C(C)C. The number of nitrogens with one attached hydrogen (secondary N) is 2. The minimum absolute atomic E-state index is 0.194. The van der Waals surface area contributed by atoms with Crippen LogP contribution in [0.15, 0.2) is 78.9 Å². The minimum Gasteiger partial charge on any atom is -0.369 e. The van der Waals surface area contributed by atoms with E-state index in [0.717, 1.165) is 12.2 Å². The van der Waals surface area contributed by atoms with E-state index in [1.165, 1.54) is 0 Å². The second kappa shape index (κ2) is 9.74. The number of rotatable bonds is 7. The normalized spacial score (nSPS) is 10.5. The smallest absolute Gasteiger partial charge is 0.255 e. The highest BCUT2D eigenvalue weighted by atomic mass is 16.2. The average Bonchev–Trinajstić information content (AvgIpc) is 2.75. The second-order valence-corrected chi connectivity index (χ2v) is 7.28. The van der Waals surface area contributed by atoms with E-state index < -0.39 is 0 Å². The Morgan fingerprint density at radius 3 is 1.80 bits per heavy atom. The Morgan fingerprint density at radius 2 is 1.30 bits per heavy atom. The van der Waals surface area contributed by atoms with Gasteiger partial charge >= 0.3 is 0 Å². The van der Waals surface area contributed by atoms with Crippen LogP contribution in [0, 0.1) is 0 Å². The maximum Gasteiger partial charge on any atom is 0.255 e. The van der Waals surface area contributed by atoms with E-state index in [0.29, 0.717) is 28.5 Å². The van der Waals surface area contributed by atoms with Gasteiger partial charge in [0, 0.05) is 40.8 Å². The molecule has 0 atom stereocenters. The first-order valence-corrected chi connectivity index (χ1v) is 10.1. The van der Waals surface area contributed by atoms with E-state index >= 15 is 0 Å². The van der Waals surface area contributed by atoms with Crippen molar-refractivity contribution >= 4 is 28.9 Å². The fraction of sp³-hybridized carbons (Fsp3) is 0.200. The maximum atomic E-state index is 12.6. The number of benzene rings is 3. The Hall–Kier alpha value is -3.60. The number of hydrogen-bond acceptors (Lipinski definition) is 3. The van der Waals surface area contributed by atoms with Crippen LogP contribution in [0.2, 0.25) is 0 Å². The summed E-state index contributed by atoms with van der Waals surface area (Å²) >= 11 is 0. The Bertz CT molecular complexity index is 998. The summed E-state index contributed by atoms with van der Waals surface area (Å²) in [5.41, 5.74) is 3.49. The first kappa shape index (κ1) is 21.1. The Morgan fingerprint density at radius 1 is 0.767 bits per heavy atom. The molecule has 3 aromatic carbocycles. The van der Waals surface area contributed by atoms with Crippen molar-refractivity contribution in [2.24, 2.45) is 0 Å². The highest BCUT2D eigenvalue weighted by Crippen LogP contribution is 2.20. The van der Waals surface area contributed by atoms with Gasteiger partial charge in [-0.3, -0.25) is 9.59 Å². The lowest BCUT2D eigenvalue weighted by Crippen LogP contribution is -2.30. The molecule has 5 nitrogen and oxygen atoms in total. The predicted molar refractivity (Wildman–Crippen MR) is 123 cm³/mol. The molecule has 0 fully saturated rings. The number of hydrogen-bond donors (Lipinski definition) is 2. The van der Waals surface area contributed by atoms with Crippen molar-refractivity contribution in [3.63, 3.8) is 0 Å². The van der Waals surface area contributed by atoms with Crippen LogP contribution < -0.4 is 15.5 Å². The van der Waals surface area contributed by atoms with Crippen molar-refractivity contribution in [2.75, 3.05) is 22.1 Å². The van der Waals surface area contributed by atoms with Crippen LogP contribution in [-0.4, -0.2) is 24.4 Å². The lowest BCUT2D eigenvalue weighted by atomic mass is 10.1. The molecule has 0 bridgehead atoms. The molecule has 0 aromatic heterocycles. The molecule has 0 unspecified atom stereocenters. The summed E-state index contributed by atoms with van der Waals surface area (Å²) in [5, 5.41) is 5.75. The zero-order chi connectivity index (χ0) is 21.5. The fourth-order valence-corrected chi connectivity index (χ4v) is 3.32. The highest BCUT2D eigenvalue weighted by molar-refractivity contribution is 6.06. The van der Waals surface area contributed by atoms with Gasteiger partial charge in [0.15, 0.2) is 0 Å². The van der Waals surface area contributed by atoms with Crippen LogP contribution >= 0.6 is 0 Å². The molecule has 3 aromatic rings. The van der Waals surface area contributed by atoms with Crippen LogP contribution in [-0.2, 0) is 0 Å². The topological polar surface area (TPSA) is 61.4 Å². The second-order valence-electron chi connectivity index (χ2n) is 7.28. The molecule has 0 radical (unpaired) electrons. The molecule has 5 heteroatoms. The number of carbonyl (C=O) groups excluding carboxylic acids is 2. The summed E-state index contributed by atoms with van der Waals surface area (Å²) in [6.07, 6.45) is 0. The Kier molecular flexibility index (Phi) is 6.86. The van der Waals surface area contributed by atoms with Crippen LogP contribution in [0.4, 0.5) is 17.1 Å². The van der Waals surface area contributed by atoms with E-state index in [1.54, 1.807) is 36.4 Å². The van der Waals surface area contributed by atoms with Gasteiger partial charge in [0.05, 0.1) is 0 Å². The zero-order valence-electron chi connectivity index (χ0n) is 17.6. The lowest BCUT2D eigenvalue weighted by molar-refractivity contribution is 0.101. The molecule has 30 heavy (non-hydrogen) atoms. The third kappa shape index (κ3) is 5.26. The number of amides is 2. The third-order valence-electron chi connectivity index (χ3n) is 4.84. The van der Waals surface area contributed by atoms with Gasteiger partial charge in [0.2, 0.25) is 0 Å². The Balaban J connectivity index is 1.67. The number of anilines is 3. The largest absolute Gasteiger partial charge is 0.369 e. The zero-order valence-corrected chi connectivity index (χ0v) is 17.6. The molecule has 0 saturated carbocycles. The number of nitrogens with zero attached hydrogens (tertiary/aromatic N) is 1. The van der Waals surface area contributed by atoms with Gasteiger partial charge in [-0.2, -0.15) is 0 Å². The van der Waals surface area contributed by atoms with Crippen molar-refractivity contribution in [1.82, 2.24) is 0 Å². The van der Waals surface area contributed by atoms with Crippen molar-refractivity contribution in [2.45, 2.75) is 26.8 Å². The van der Waals surface area contributed by atoms with Gasteiger partial charge in [-0.15, -0.1) is 0 Å². The van der Waals surface area contributed by atoms with Crippen molar-refractivity contribution < 1.29 is 9.59 Å². The van der Waals surface area contributed by atoms with Gasteiger partial charge in [-0.25, -0.2) is 0 Å². The fourth-order valence-electron chi connectivity index (χ4n) is 3.32. The van der Waals surface area contributed by atoms with Gasteiger partial charge in [0.25, 0.3) is 11.8 Å². The molecule has 154 valence electrons. The molecule has 0 saturated heterocycles. The van der Waals surface area contributed by atoms with Gasteiger partial charge < -0.3 is 15.5 Å². The summed E-state index contributed by atoms with van der Waals surface area (Å²) in [5.74, 6) is -0.388. The summed E-state index contributed by atoms with van der Waals surface area (Å²) in [4.78, 5) is 27.2. The molecular weight excluding hydrogens is 374 g/mol. The van der Waals surface area contributed by atoms with Crippen molar-refractivity contribution in [3.8, 4) is 0 Å². The van der Waals surface area contributed by atoms with Crippen LogP contribution in [0.5, 0.6) is 0 Å². The molecule has 0 aliphatic carbocycles. The molecule has 0 aliphatic rings. The number of carbonyl (C=O) groups is 2. The van der Waals surface area contributed by atoms with Gasteiger partial charge in [0.1, 0.15) is 0 Å². The molecule has 0 aliphatic heterocycles. The van der Waals surface area contributed by atoms with Crippen LogP contribution in [0.3, 0.4) is 0 Å². The van der Waals surface area contributed by atoms with Crippen LogP contribution in [0.25, 0.3) is 0 Å². The molecular formula is C25H27N3O2. The molecule has 0 heterocycles. The first-order chi connectivity index (χ1) is 14.5. The Labute approximate surface area is 177 Å². The molecule has 3 rings (SSSR count). The summed E-state index contributed by atoms with van der Waals surface area (Å²) in [7, 11) is 0. The summed E-state index contributed by atoms with van der Waals surface area (Å²) < 4.78 is 0. The quantitative estimate of drug-likeness (QED) is 0.555. The van der Waals surface area contributed by atoms with Crippen LogP contribution in [0.1, 0.15) is 41.5 Å². The summed E-state index contributed by atoms with van der Waals surface area (Å²) in [6, 6.07) is 24.1. The molecule has 2 amide bonds. The lowest BCUT2D eigenvalue weighted by Gasteiger charge is -2.27. The molecule has 2 N–H and O–H groups in total. The van der Waals surface area contributed by atoms with Gasteiger partial charge in [-0.05, 0) is 75.4 Å². The summed E-state index contributed by atoms with van der Waals surface area (Å²) in [6.45, 7) is 7.32. The van der Waals surface area contributed by atoms with Crippen molar-refractivity contribution in [1.29, 1.82) is 0 Å². The van der Waals surface area contributed by atoms with E-state index in [1.807, 2.05) is 42.5 Å². The highest BCUT2D eigenvalue weighted by Gasteiger charge is 2.11. The molecule has 0 spiro atoms. The van der Waals surface area contributed by atoms with E-state index in [2.05, 4.69) is 36.3 Å². The average molecular weight is 402 g/mol. The van der Waals surface area contributed by atoms with E-state index in [4.69, 9.17) is 0 Å². The third-order valence-corrected chi connectivity index (χ3v) is 4.84.